The minimum atomic E-state index is -0.458. The Morgan fingerprint density at radius 1 is 1.17 bits per heavy atom. The van der Waals surface area contributed by atoms with Gasteiger partial charge < -0.3 is 15.4 Å². The third-order valence-electron chi connectivity index (χ3n) is 4.26. The molecular formula is C19H30N2O2. The number of nitrogens with one attached hydrogen (secondary N) is 2. The molecule has 0 radical (unpaired) electrons. The van der Waals surface area contributed by atoms with E-state index in [1.54, 1.807) is 0 Å². The summed E-state index contributed by atoms with van der Waals surface area (Å²) in [4.78, 5) is 11.9. The van der Waals surface area contributed by atoms with Gasteiger partial charge in [0, 0.05) is 12.1 Å². The second-order valence-electron chi connectivity index (χ2n) is 7.71. The van der Waals surface area contributed by atoms with Crippen LogP contribution in [0.2, 0.25) is 0 Å². The zero-order valence-electron chi connectivity index (χ0n) is 14.8. The van der Waals surface area contributed by atoms with Gasteiger partial charge in [-0.05, 0) is 65.0 Å². The third kappa shape index (κ3) is 6.22. The van der Waals surface area contributed by atoms with E-state index in [1.165, 1.54) is 18.4 Å². The van der Waals surface area contributed by atoms with E-state index in [2.05, 4.69) is 41.8 Å². The van der Waals surface area contributed by atoms with Crippen molar-refractivity contribution >= 4 is 6.09 Å². The van der Waals surface area contributed by atoms with E-state index in [-0.39, 0.29) is 11.6 Å². The second kappa shape index (κ2) is 7.35. The van der Waals surface area contributed by atoms with Crippen LogP contribution in [-0.4, -0.2) is 30.3 Å². The van der Waals surface area contributed by atoms with E-state index in [1.807, 2.05) is 26.8 Å². The van der Waals surface area contributed by atoms with Crippen molar-refractivity contribution in [1.82, 2.24) is 10.6 Å². The summed E-state index contributed by atoms with van der Waals surface area (Å²) in [7, 11) is 0. The SMILES string of the molecule is CC(C)(C)OC(=O)NCC(C)(NCCc1ccccc1)C1CC1. The van der Waals surface area contributed by atoms with E-state index in [9.17, 15) is 4.79 Å². The monoisotopic (exact) mass is 318 g/mol. The van der Waals surface area contributed by atoms with Gasteiger partial charge in [0.25, 0.3) is 0 Å². The van der Waals surface area contributed by atoms with Gasteiger partial charge in [0.05, 0.1) is 0 Å². The summed E-state index contributed by atoms with van der Waals surface area (Å²) in [5.74, 6) is 0.633. The highest BCUT2D eigenvalue weighted by atomic mass is 16.6. The number of hydrogen-bond acceptors (Lipinski definition) is 3. The van der Waals surface area contributed by atoms with Crippen LogP contribution < -0.4 is 10.6 Å². The fourth-order valence-corrected chi connectivity index (χ4v) is 2.78. The summed E-state index contributed by atoms with van der Waals surface area (Å²) < 4.78 is 5.33. The maximum absolute atomic E-state index is 11.9. The fraction of sp³-hybridized carbons (Fsp3) is 0.632. The number of amides is 1. The normalized spacial score (nSPS) is 17.4. The Balaban J connectivity index is 1.80. The molecule has 1 aromatic rings. The van der Waals surface area contributed by atoms with Crippen LogP contribution in [0, 0.1) is 5.92 Å². The molecule has 1 unspecified atom stereocenters. The first-order valence-corrected chi connectivity index (χ1v) is 8.54. The predicted molar refractivity (Wildman–Crippen MR) is 93.5 cm³/mol. The van der Waals surface area contributed by atoms with Crippen molar-refractivity contribution in [3.63, 3.8) is 0 Å². The molecule has 1 fully saturated rings. The first-order valence-electron chi connectivity index (χ1n) is 8.54. The molecule has 1 aliphatic rings. The summed E-state index contributed by atoms with van der Waals surface area (Å²) in [5, 5.41) is 6.58. The average molecular weight is 318 g/mol. The molecule has 1 aromatic carbocycles. The van der Waals surface area contributed by atoms with Crippen molar-refractivity contribution in [3.8, 4) is 0 Å². The van der Waals surface area contributed by atoms with Gasteiger partial charge in [0.15, 0.2) is 0 Å². The molecule has 0 bridgehead atoms. The minimum Gasteiger partial charge on any atom is -0.444 e. The zero-order chi connectivity index (χ0) is 16.9. The van der Waals surface area contributed by atoms with E-state index in [4.69, 9.17) is 4.74 Å². The van der Waals surface area contributed by atoms with Crippen molar-refractivity contribution < 1.29 is 9.53 Å². The first-order chi connectivity index (χ1) is 10.8. The van der Waals surface area contributed by atoms with E-state index in [0.717, 1.165) is 13.0 Å². The quantitative estimate of drug-likeness (QED) is 0.809. The Morgan fingerprint density at radius 3 is 2.39 bits per heavy atom. The molecule has 2 N–H and O–H groups in total. The van der Waals surface area contributed by atoms with E-state index >= 15 is 0 Å². The lowest BCUT2D eigenvalue weighted by Gasteiger charge is -2.32. The third-order valence-corrected chi connectivity index (χ3v) is 4.26. The average Bonchev–Trinajstić information content (AvgIpc) is 3.30. The Bertz CT molecular complexity index is 506. The van der Waals surface area contributed by atoms with Gasteiger partial charge in [-0.3, -0.25) is 0 Å². The molecule has 4 heteroatoms. The molecule has 0 aliphatic heterocycles. The summed E-state index contributed by atoms with van der Waals surface area (Å²) in [5.41, 5.74) is 0.810. The van der Waals surface area contributed by atoms with Crippen molar-refractivity contribution in [2.45, 2.75) is 58.1 Å². The van der Waals surface area contributed by atoms with Crippen LogP contribution in [0.25, 0.3) is 0 Å². The van der Waals surface area contributed by atoms with Gasteiger partial charge in [-0.25, -0.2) is 4.79 Å². The molecule has 2 rings (SSSR count). The van der Waals surface area contributed by atoms with Crippen LogP contribution in [0.5, 0.6) is 0 Å². The Morgan fingerprint density at radius 2 is 1.83 bits per heavy atom. The minimum absolute atomic E-state index is 0.0638. The zero-order valence-corrected chi connectivity index (χ0v) is 14.8. The van der Waals surface area contributed by atoms with Crippen LogP contribution in [-0.2, 0) is 11.2 Å². The molecule has 1 saturated carbocycles. The number of carbonyl (C=O) groups is 1. The van der Waals surface area contributed by atoms with E-state index in [0.29, 0.717) is 12.5 Å². The molecule has 1 atom stereocenters. The molecule has 4 nitrogen and oxygen atoms in total. The maximum Gasteiger partial charge on any atom is 0.407 e. The molecule has 0 spiro atoms. The molecule has 0 saturated heterocycles. The Hall–Kier alpha value is -1.55. The number of ether oxygens (including phenoxy) is 1. The molecule has 0 heterocycles. The maximum atomic E-state index is 11.9. The standard InChI is InChI=1S/C19H30N2O2/c1-18(2,3)23-17(22)20-14-19(4,16-10-11-16)21-13-12-15-8-6-5-7-9-15/h5-9,16,21H,10-14H2,1-4H3,(H,20,22). The molecule has 0 aromatic heterocycles. The highest BCUT2D eigenvalue weighted by Gasteiger charge is 2.41. The van der Waals surface area contributed by atoms with Gasteiger partial charge in [-0.1, -0.05) is 30.3 Å². The lowest BCUT2D eigenvalue weighted by atomic mass is 9.95. The molecule has 1 aliphatic carbocycles. The van der Waals surface area contributed by atoms with Crippen molar-refractivity contribution in [1.29, 1.82) is 0 Å². The van der Waals surface area contributed by atoms with Crippen molar-refractivity contribution in [2.24, 2.45) is 5.92 Å². The Labute approximate surface area is 140 Å². The molecule has 23 heavy (non-hydrogen) atoms. The lowest BCUT2D eigenvalue weighted by Crippen LogP contribution is -2.54. The highest BCUT2D eigenvalue weighted by molar-refractivity contribution is 5.67. The second-order valence-corrected chi connectivity index (χ2v) is 7.71. The summed E-state index contributed by atoms with van der Waals surface area (Å²) in [6.45, 7) is 9.35. The smallest absolute Gasteiger partial charge is 0.407 e. The van der Waals surface area contributed by atoms with Crippen LogP contribution in [0.15, 0.2) is 30.3 Å². The largest absolute Gasteiger partial charge is 0.444 e. The summed E-state index contributed by atoms with van der Waals surface area (Å²) in [6.07, 6.45) is 3.11. The van der Waals surface area contributed by atoms with Crippen LogP contribution in [0.4, 0.5) is 4.79 Å². The van der Waals surface area contributed by atoms with Crippen LogP contribution in [0.3, 0.4) is 0 Å². The number of alkyl carbamates (subject to hydrolysis) is 1. The molecule has 128 valence electrons. The van der Waals surface area contributed by atoms with Crippen LogP contribution >= 0.6 is 0 Å². The number of rotatable bonds is 7. The van der Waals surface area contributed by atoms with E-state index < -0.39 is 5.60 Å². The molecule has 1 amide bonds. The van der Waals surface area contributed by atoms with Gasteiger partial charge >= 0.3 is 6.09 Å². The van der Waals surface area contributed by atoms with Gasteiger partial charge in [0.1, 0.15) is 5.60 Å². The Kier molecular flexibility index (Phi) is 5.69. The topological polar surface area (TPSA) is 50.4 Å². The van der Waals surface area contributed by atoms with Crippen molar-refractivity contribution in [3.05, 3.63) is 35.9 Å². The summed E-state index contributed by atoms with van der Waals surface area (Å²) >= 11 is 0. The van der Waals surface area contributed by atoms with Gasteiger partial charge in [-0.15, -0.1) is 0 Å². The number of benzene rings is 1. The van der Waals surface area contributed by atoms with Gasteiger partial charge in [0.2, 0.25) is 0 Å². The number of hydrogen-bond donors (Lipinski definition) is 2. The predicted octanol–water partition coefficient (Wildman–Crippen LogP) is 3.51. The molecular weight excluding hydrogens is 288 g/mol. The summed E-state index contributed by atoms with van der Waals surface area (Å²) in [6, 6.07) is 10.5. The van der Waals surface area contributed by atoms with Gasteiger partial charge in [-0.2, -0.15) is 0 Å². The lowest BCUT2D eigenvalue weighted by molar-refractivity contribution is 0.0508. The van der Waals surface area contributed by atoms with Crippen LogP contribution in [0.1, 0.15) is 46.1 Å². The fourth-order valence-electron chi connectivity index (χ4n) is 2.78. The number of carbonyl (C=O) groups excluding carboxylic acids is 1. The first kappa shape index (κ1) is 17.8. The van der Waals surface area contributed by atoms with Crippen molar-refractivity contribution in [2.75, 3.05) is 13.1 Å². The highest BCUT2D eigenvalue weighted by Crippen LogP contribution is 2.39.